The molecule has 1 aliphatic carbocycles. The monoisotopic (exact) mass is 350 g/mol. The van der Waals surface area contributed by atoms with Crippen LogP contribution in [0.25, 0.3) is 0 Å². The highest BCUT2D eigenvalue weighted by Gasteiger charge is 2.21. The fraction of sp³-hybridized carbons (Fsp3) is 0.556. The first kappa shape index (κ1) is 18.7. The molecule has 24 heavy (non-hydrogen) atoms. The molecule has 1 N–H and O–H groups in total. The topological polar surface area (TPSA) is 50.8 Å². The largest absolute Gasteiger partial charge is 0.491 e. The molecule has 0 heterocycles. The quantitative estimate of drug-likeness (QED) is 0.631. The standard InChI is InChI=1S/C18H26N2O3S/c1-20(15-6-4-3-5-7-15)18(24)19-17(21)14-8-10-16(11-9-14)23-13-12-22-2/h8-11,15H,3-7,12-13H2,1-2H3,(H,19,21,24). The Morgan fingerprint density at radius 3 is 2.50 bits per heavy atom. The molecule has 0 unspecified atom stereocenters. The van der Waals surface area contributed by atoms with Crippen LogP contribution in [0.15, 0.2) is 24.3 Å². The van der Waals surface area contributed by atoms with E-state index in [0.29, 0.717) is 35.7 Å². The molecule has 0 radical (unpaired) electrons. The second-order valence-electron chi connectivity index (χ2n) is 6.03. The van der Waals surface area contributed by atoms with Gasteiger partial charge in [-0.05, 0) is 49.3 Å². The molecule has 1 aliphatic rings. The number of nitrogens with one attached hydrogen (secondary N) is 1. The van der Waals surface area contributed by atoms with Crippen LogP contribution in [0.5, 0.6) is 5.75 Å². The van der Waals surface area contributed by atoms with E-state index in [9.17, 15) is 4.79 Å². The molecular formula is C18H26N2O3S. The minimum atomic E-state index is -0.189. The second-order valence-corrected chi connectivity index (χ2v) is 6.41. The zero-order valence-electron chi connectivity index (χ0n) is 14.4. The van der Waals surface area contributed by atoms with Crippen molar-refractivity contribution in [1.29, 1.82) is 0 Å². The summed E-state index contributed by atoms with van der Waals surface area (Å²) < 4.78 is 10.4. The second kappa shape index (κ2) is 9.59. The number of amides is 1. The summed E-state index contributed by atoms with van der Waals surface area (Å²) >= 11 is 5.39. The summed E-state index contributed by atoms with van der Waals surface area (Å²) in [7, 11) is 3.59. The third kappa shape index (κ3) is 5.46. The summed E-state index contributed by atoms with van der Waals surface area (Å²) in [4.78, 5) is 14.4. The molecule has 132 valence electrons. The summed E-state index contributed by atoms with van der Waals surface area (Å²) in [6.45, 7) is 1.02. The lowest BCUT2D eigenvalue weighted by Gasteiger charge is -2.32. The Morgan fingerprint density at radius 2 is 1.88 bits per heavy atom. The number of ether oxygens (including phenoxy) is 2. The molecular weight excluding hydrogens is 324 g/mol. The fourth-order valence-electron chi connectivity index (χ4n) is 2.84. The molecule has 6 heteroatoms. The van der Waals surface area contributed by atoms with Crippen molar-refractivity contribution in [2.45, 2.75) is 38.1 Å². The minimum Gasteiger partial charge on any atom is -0.491 e. The molecule has 0 bridgehead atoms. The first-order valence-electron chi connectivity index (χ1n) is 8.41. The Morgan fingerprint density at radius 1 is 1.21 bits per heavy atom. The molecule has 2 rings (SSSR count). The molecule has 0 atom stereocenters. The van der Waals surface area contributed by atoms with Crippen molar-refractivity contribution >= 4 is 23.2 Å². The Balaban J connectivity index is 1.85. The van der Waals surface area contributed by atoms with Gasteiger partial charge in [-0.2, -0.15) is 0 Å². The van der Waals surface area contributed by atoms with E-state index in [1.54, 1.807) is 31.4 Å². The lowest BCUT2D eigenvalue weighted by molar-refractivity contribution is 0.0971. The van der Waals surface area contributed by atoms with Crippen LogP contribution in [0.1, 0.15) is 42.5 Å². The highest BCUT2D eigenvalue weighted by Crippen LogP contribution is 2.21. The third-order valence-electron chi connectivity index (χ3n) is 4.34. The number of benzene rings is 1. The van der Waals surface area contributed by atoms with Gasteiger partial charge >= 0.3 is 0 Å². The van der Waals surface area contributed by atoms with Crippen LogP contribution in [0, 0.1) is 0 Å². The van der Waals surface area contributed by atoms with Crippen molar-refractivity contribution < 1.29 is 14.3 Å². The van der Waals surface area contributed by atoms with Gasteiger partial charge in [0.1, 0.15) is 12.4 Å². The highest BCUT2D eigenvalue weighted by molar-refractivity contribution is 7.80. The number of methoxy groups -OCH3 is 1. The number of rotatable bonds is 6. The van der Waals surface area contributed by atoms with Gasteiger partial charge in [-0.1, -0.05) is 19.3 Å². The van der Waals surface area contributed by atoms with Crippen molar-refractivity contribution in [1.82, 2.24) is 10.2 Å². The van der Waals surface area contributed by atoms with E-state index in [-0.39, 0.29) is 5.91 Å². The zero-order chi connectivity index (χ0) is 17.4. The number of nitrogens with zero attached hydrogens (tertiary/aromatic N) is 1. The van der Waals surface area contributed by atoms with E-state index >= 15 is 0 Å². The molecule has 1 aromatic rings. The van der Waals surface area contributed by atoms with Crippen molar-refractivity contribution in [3.63, 3.8) is 0 Å². The van der Waals surface area contributed by atoms with Crippen LogP contribution < -0.4 is 10.1 Å². The molecule has 0 spiro atoms. The van der Waals surface area contributed by atoms with Gasteiger partial charge in [-0.15, -0.1) is 0 Å². The smallest absolute Gasteiger partial charge is 0.257 e. The summed E-state index contributed by atoms with van der Waals surface area (Å²) in [5, 5.41) is 3.32. The first-order valence-corrected chi connectivity index (χ1v) is 8.82. The molecule has 1 aromatic carbocycles. The van der Waals surface area contributed by atoms with Gasteiger partial charge in [0, 0.05) is 25.8 Å². The minimum absolute atomic E-state index is 0.189. The maximum Gasteiger partial charge on any atom is 0.257 e. The predicted molar refractivity (Wildman–Crippen MR) is 98.5 cm³/mol. The lowest BCUT2D eigenvalue weighted by Crippen LogP contribution is -2.46. The summed E-state index contributed by atoms with van der Waals surface area (Å²) in [5.41, 5.74) is 0.563. The van der Waals surface area contributed by atoms with E-state index in [0.717, 1.165) is 12.8 Å². The van der Waals surface area contributed by atoms with E-state index < -0.39 is 0 Å². The van der Waals surface area contributed by atoms with Gasteiger partial charge < -0.3 is 14.4 Å². The Labute approximate surface area is 149 Å². The van der Waals surface area contributed by atoms with Gasteiger partial charge in [0.2, 0.25) is 0 Å². The van der Waals surface area contributed by atoms with Crippen molar-refractivity contribution in [3.05, 3.63) is 29.8 Å². The normalized spacial score (nSPS) is 14.9. The predicted octanol–water partition coefficient (Wildman–Crippen LogP) is 2.99. The van der Waals surface area contributed by atoms with E-state index in [2.05, 4.69) is 5.32 Å². The average molecular weight is 350 g/mol. The van der Waals surface area contributed by atoms with Crippen molar-refractivity contribution in [2.75, 3.05) is 27.4 Å². The zero-order valence-corrected chi connectivity index (χ0v) is 15.2. The van der Waals surface area contributed by atoms with Crippen LogP contribution >= 0.6 is 12.2 Å². The van der Waals surface area contributed by atoms with Crippen LogP contribution in [-0.4, -0.2) is 49.3 Å². The molecule has 5 nitrogen and oxygen atoms in total. The highest BCUT2D eigenvalue weighted by atomic mass is 32.1. The van der Waals surface area contributed by atoms with Gasteiger partial charge in [0.15, 0.2) is 5.11 Å². The SMILES string of the molecule is COCCOc1ccc(C(=O)NC(=S)N(C)C2CCCCC2)cc1. The Bertz CT molecular complexity index is 542. The number of hydrogen-bond donors (Lipinski definition) is 1. The molecule has 1 fully saturated rings. The molecule has 0 aromatic heterocycles. The van der Waals surface area contributed by atoms with Gasteiger partial charge in [0.05, 0.1) is 6.61 Å². The molecule has 1 amide bonds. The maximum absolute atomic E-state index is 12.3. The van der Waals surface area contributed by atoms with Gasteiger partial charge in [-0.3, -0.25) is 10.1 Å². The fourth-order valence-corrected chi connectivity index (χ4v) is 3.08. The van der Waals surface area contributed by atoms with Crippen molar-refractivity contribution in [2.24, 2.45) is 0 Å². The lowest BCUT2D eigenvalue weighted by atomic mass is 9.95. The molecule has 1 saturated carbocycles. The van der Waals surface area contributed by atoms with Crippen LogP contribution in [0.4, 0.5) is 0 Å². The number of hydrogen-bond acceptors (Lipinski definition) is 4. The van der Waals surface area contributed by atoms with Gasteiger partial charge in [-0.25, -0.2) is 0 Å². The number of carbonyl (C=O) groups excluding carboxylic acids is 1. The van der Waals surface area contributed by atoms with Crippen LogP contribution in [0.3, 0.4) is 0 Å². The third-order valence-corrected chi connectivity index (χ3v) is 4.73. The van der Waals surface area contributed by atoms with Crippen molar-refractivity contribution in [3.8, 4) is 5.75 Å². The molecule has 0 aliphatic heterocycles. The maximum atomic E-state index is 12.3. The Kier molecular flexibility index (Phi) is 7.46. The summed E-state index contributed by atoms with van der Waals surface area (Å²) in [6, 6.07) is 7.46. The van der Waals surface area contributed by atoms with Crippen LogP contribution in [-0.2, 0) is 4.74 Å². The summed E-state index contributed by atoms with van der Waals surface area (Å²) in [6.07, 6.45) is 6.04. The number of thiocarbonyl (C=S) groups is 1. The molecule has 0 saturated heterocycles. The summed E-state index contributed by atoms with van der Waals surface area (Å²) in [5.74, 6) is 0.525. The van der Waals surface area contributed by atoms with E-state index in [1.165, 1.54) is 19.3 Å². The Hall–Kier alpha value is -1.66. The average Bonchev–Trinajstić information content (AvgIpc) is 2.62. The van der Waals surface area contributed by atoms with E-state index in [4.69, 9.17) is 21.7 Å². The van der Waals surface area contributed by atoms with Gasteiger partial charge in [0.25, 0.3) is 5.91 Å². The van der Waals surface area contributed by atoms with Crippen LogP contribution in [0.2, 0.25) is 0 Å². The first-order chi connectivity index (χ1) is 11.6. The van der Waals surface area contributed by atoms with E-state index in [1.807, 2.05) is 11.9 Å². The number of carbonyl (C=O) groups is 1.